The van der Waals surface area contributed by atoms with E-state index in [1.807, 2.05) is 6.92 Å². The zero-order chi connectivity index (χ0) is 11.1. The Morgan fingerprint density at radius 1 is 1.40 bits per heavy atom. The number of nitrogens with one attached hydrogen (secondary N) is 1. The van der Waals surface area contributed by atoms with E-state index in [0.717, 1.165) is 25.9 Å². The quantitative estimate of drug-likeness (QED) is 0.724. The summed E-state index contributed by atoms with van der Waals surface area (Å²) in [5.74, 6) is 0. The summed E-state index contributed by atoms with van der Waals surface area (Å²) in [6, 6.07) is 2.40. The van der Waals surface area contributed by atoms with Crippen molar-refractivity contribution in [1.82, 2.24) is 10.2 Å². The third kappa shape index (κ3) is 4.19. The van der Waals surface area contributed by atoms with E-state index in [-0.39, 0.29) is 5.54 Å². The minimum absolute atomic E-state index is 0.335. The minimum atomic E-state index is -0.335. The Morgan fingerprint density at radius 3 is 2.60 bits per heavy atom. The van der Waals surface area contributed by atoms with E-state index < -0.39 is 0 Å². The van der Waals surface area contributed by atoms with Crippen LogP contribution in [-0.2, 0) is 0 Å². The maximum Gasteiger partial charge on any atom is 0.105 e. The summed E-state index contributed by atoms with van der Waals surface area (Å²) in [5.41, 5.74) is -0.335. The Labute approximate surface area is 93.5 Å². The molecule has 0 aliphatic carbocycles. The van der Waals surface area contributed by atoms with E-state index in [0.29, 0.717) is 0 Å². The molecule has 0 spiro atoms. The highest BCUT2D eigenvalue weighted by Crippen LogP contribution is 2.13. The summed E-state index contributed by atoms with van der Waals surface area (Å²) >= 11 is 0. The molecule has 0 saturated carbocycles. The average Bonchev–Trinajstić information content (AvgIpc) is 2.76. The third-order valence-corrected chi connectivity index (χ3v) is 3.14. The van der Waals surface area contributed by atoms with Gasteiger partial charge in [-0.2, -0.15) is 5.26 Å². The van der Waals surface area contributed by atoms with Crippen LogP contribution in [0.1, 0.15) is 39.5 Å². The van der Waals surface area contributed by atoms with Gasteiger partial charge < -0.3 is 4.90 Å². The van der Waals surface area contributed by atoms with Gasteiger partial charge >= 0.3 is 0 Å². The van der Waals surface area contributed by atoms with Crippen LogP contribution in [0.15, 0.2) is 0 Å². The monoisotopic (exact) mass is 209 g/mol. The highest BCUT2D eigenvalue weighted by atomic mass is 15.1. The molecule has 1 N–H and O–H groups in total. The molecule has 1 fully saturated rings. The van der Waals surface area contributed by atoms with E-state index in [1.54, 1.807) is 0 Å². The fraction of sp³-hybridized carbons (Fsp3) is 0.917. The summed E-state index contributed by atoms with van der Waals surface area (Å²) in [7, 11) is 0. The van der Waals surface area contributed by atoms with Gasteiger partial charge in [-0.25, -0.2) is 0 Å². The zero-order valence-electron chi connectivity index (χ0n) is 10.1. The molecule has 0 aromatic rings. The second kappa shape index (κ2) is 6.09. The number of nitrogens with zero attached hydrogens (tertiary/aromatic N) is 2. The molecule has 3 nitrogen and oxygen atoms in total. The van der Waals surface area contributed by atoms with E-state index in [4.69, 9.17) is 5.26 Å². The van der Waals surface area contributed by atoms with E-state index >= 15 is 0 Å². The predicted octanol–water partition coefficient (Wildman–Crippen LogP) is 1.75. The lowest BCUT2D eigenvalue weighted by molar-refractivity contribution is 0.290. The van der Waals surface area contributed by atoms with Gasteiger partial charge in [-0.05, 0) is 52.2 Å². The fourth-order valence-electron chi connectivity index (χ4n) is 1.97. The SMILES string of the molecule is CCCNC(C)(C#N)CCN1CCCC1. The molecule has 1 saturated heterocycles. The van der Waals surface area contributed by atoms with Crippen LogP contribution in [0.2, 0.25) is 0 Å². The Hall–Kier alpha value is -0.590. The molecule has 1 heterocycles. The molecule has 3 heteroatoms. The van der Waals surface area contributed by atoms with Crippen molar-refractivity contribution in [3.63, 3.8) is 0 Å². The number of hydrogen-bond donors (Lipinski definition) is 1. The zero-order valence-corrected chi connectivity index (χ0v) is 10.1. The Bertz CT molecular complexity index is 215. The Morgan fingerprint density at radius 2 is 2.07 bits per heavy atom. The topological polar surface area (TPSA) is 39.1 Å². The first kappa shape index (κ1) is 12.5. The molecule has 0 aromatic heterocycles. The first-order valence-electron chi connectivity index (χ1n) is 6.09. The van der Waals surface area contributed by atoms with Gasteiger partial charge in [0.15, 0.2) is 0 Å². The number of likely N-dealkylation sites (tertiary alicyclic amines) is 1. The summed E-state index contributed by atoms with van der Waals surface area (Å²) in [5, 5.41) is 12.5. The van der Waals surface area contributed by atoms with Crippen molar-refractivity contribution in [2.45, 2.75) is 45.1 Å². The fourth-order valence-corrected chi connectivity index (χ4v) is 1.97. The van der Waals surface area contributed by atoms with Gasteiger partial charge in [0, 0.05) is 6.54 Å². The molecule has 1 rings (SSSR count). The van der Waals surface area contributed by atoms with Crippen LogP contribution >= 0.6 is 0 Å². The standard InChI is InChI=1S/C12H23N3/c1-3-7-14-12(2,11-13)6-10-15-8-4-5-9-15/h14H,3-10H2,1-2H3. The highest BCUT2D eigenvalue weighted by Gasteiger charge is 2.24. The summed E-state index contributed by atoms with van der Waals surface area (Å²) in [6.07, 6.45) is 4.67. The summed E-state index contributed by atoms with van der Waals surface area (Å²) in [4.78, 5) is 2.46. The van der Waals surface area contributed by atoms with Crippen molar-refractivity contribution in [3.05, 3.63) is 0 Å². The summed E-state index contributed by atoms with van der Waals surface area (Å²) in [6.45, 7) is 8.57. The largest absolute Gasteiger partial charge is 0.303 e. The average molecular weight is 209 g/mol. The normalized spacial score (nSPS) is 21.1. The van der Waals surface area contributed by atoms with Crippen LogP contribution in [0.5, 0.6) is 0 Å². The van der Waals surface area contributed by atoms with Crippen LogP contribution in [-0.4, -0.2) is 36.6 Å². The van der Waals surface area contributed by atoms with E-state index in [2.05, 4.69) is 23.2 Å². The van der Waals surface area contributed by atoms with Gasteiger partial charge in [-0.1, -0.05) is 6.92 Å². The van der Waals surface area contributed by atoms with Gasteiger partial charge in [0.25, 0.3) is 0 Å². The van der Waals surface area contributed by atoms with Crippen LogP contribution in [0, 0.1) is 11.3 Å². The first-order valence-corrected chi connectivity index (χ1v) is 6.09. The molecule has 15 heavy (non-hydrogen) atoms. The molecule has 1 atom stereocenters. The van der Waals surface area contributed by atoms with Gasteiger partial charge in [0.2, 0.25) is 0 Å². The lowest BCUT2D eigenvalue weighted by atomic mass is 9.99. The van der Waals surface area contributed by atoms with E-state index in [9.17, 15) is 0 Å². The van der Waals surface area contributed by atoms with Crippen molar-refractivity contribution >= 4 is 0 Å². The molecule has 1 aliphatic rings. The number of hydrogen-bond acceptors (Lipinski definition) is 3. The number of rotatable bonds is 6. The minimum Gasteiger partial charge on any atom is -0.303 e. The maximum absolute atomic E-state index is 9.15. The van der Waals surface area contributed by atoms with E-state index in [1.165, 1.54) is 25.9 Å². The second-order valence-corrected chi connectivity index (χ2v) is 4.67. The molecule has 0 bridgehead atoms. The molecule has 1 unspecified atom stereocenters. The molecule has 0 radical (unpaired) electrons. The van der Waals surface area contributed by atoms with Crippen LogP contribution in [0.25, 0.3) is 0 Å². The molecule has 86 valence electrons. The molecular formula is C12H23N3. The molecule has 1 aliphatic heterocycles. The van der Waals surface area contributed by atoms with Gasteiger partial charge in [-0.15, -0.1) is 0 Å². The van der Waals surface area contributed by atoms with Crippen molar-refractivity contribution in [3.8, 4) is 6.07 Å². The molecular weight excluding hydrogens is 186 g/mol. The van der Waals surface area contributed by atoms with Gasteiger partial charge in [-0.3, -0.25) is 5.32 Å². The maximum atomic E-state index is 9.15. The Balaban J connectivity index is 2.28. The van der Waals surface area contributed by atoms with Crippen molar-refractivity contribution < 1.29 is 0 Å². The lowest BCUT2D eigenvalue weighted by Gasteiger charge is -2.25. The Kier molecular flexibility index (Phi) is 5.07. The van der Waals surface area contributed by atoms with Crippen molar-refractivity contribution in [1.29, 1.82) is 5.26 Å². The van der Waals surface area contributed by atoms with Crippen molar-refractivity contribution in [2.24, 2.45) is 0 Å². The summed E-state index contributed by atoms with van der Waals surface area (Å²) < 4.78 is 0. The van der Waals surface area contributed by atoms with Crippen LogP contribution < -0.4 is 5.32 Å². The molecule has 0 amide bonds. The second-order valence-electron chi connectivity index (χ2n) is 4.67. The predicted molar refractivity (Wildman–Crippen MR) is 62.6 cm³/mol. The lowest BCUT2D eigenvalue weighted by Crippen LogP contribution is -2.43. The van der Waals surface area contributed by atoms with Crippen molar-refractivity contribution in [2.75, 3.05) is 26.2 Å². The van der Waals surface area contributed by atoms with Gasteiger partial charge in [0.05, 0.1) is 6.07 Å². The smallest absolute Gasteiger partial charge is 0.105 e. The van der Waals surface area contributed by atoms with Gasteiger partial charge in [0.1, 0.15) is 5.54 Å². The first-order chi connectivity index (χ1) is 7.20. The van der Waals surface area contributed by atoms with Crippen LogP contribution in [0.4, 0.5) is 0 Å². The van der Waals surface area contributed by atoms with Crippen LogP contribution in [0.3, 0.4) is 0 Å². The molecule has 0 aromatic carbocycles. The third-order valence-electron chi connectivity index (χ3n) is 3.14. The number of nitriles is 1. The highest BCUT2D eigenvalue weighted by molar-refractivity contribution is 5.04.